The fourth-order valence-electron chi connectivity index (χ4n) is 1.06. The zero-order valence-electron chi connectivity index (χ0n) is 14.2. The van der Waals surface area contributed by atoms with E-state index in [1.807, 2.05) is 13.8 Å². The van der Waals surface area contributed by atoms with Crippen molar-refractivity contribution in [2.45, 2.75) is 27.2 Å². The number of likely N-dealkylation sites (N-methyl/N-ethyl adjacent to an activating group) is 1. The molecule has 0 spiro atoms. The molecule has 6 heteroatoms. The molecular weight excluding hydrogens is 285 g/mol. The first kappa shape index (κ1) is 26.3. The third-order valence-corrected chi connectivity index (χ3v) is 1.92. The minimum absolute atomic E-state index is 0. The fourth-order valence-corrected chi connectivity index (χ4v) is 1.06. The smallest absolute Gasteiger partial charge is 0.663 e. The Balaban J connectivity index is -0.000000916. The van der Waals surface area contributed by atoms with Crippen LogP contribution in [0.3, 0.4) is 0 Å². The molecule has 0 aromatic carbocycles. The zero-order chi connectivity index (χ0) is 14.6. The molecule has 0 N–H and O–H groups in total. The van der Waals surface area contributed by atoms with Crippen molar-refractivity contribution in [3.8, 4) is 0 Å². The van der Waals surface area contributed by atoms with Gasteiger partial charge in [0.05, 0.1) is 39.6 Å². The second-order valence-corrected chi connectivity index (χ2v) is 3.49. The molecule has 20 heavy (non-hydrogen) atoms. The largest absolute Gasteiger partial charge is 1.00 e. The normalized spacial score (nSPS) is 9.60. The molecule has 0 saturated carbocycles. The molecule has 0 aliphatic carbocycles. The van der Waals surface area contributed by atoms with E-state index in [2.05, 4.69) is 12.2 Å². The van der Waals surface area contributed by atoms with Gasteiger partial charge in [-0.25, -0.2) is 0 Å². The van der Waals surface area contributed by atoms with E-state index < -0.39 is 0 Å². The summed E-state index contributed by atoms with van der Waals surface area (Å²) in [4.78, 5) is 0. The van der Waals surface area contributed by atoms with Gasteiger partial charge in [0.1, 0.15) is 0 Å². The van der Waals surface area contributed by atoms with Gasteiger partial charge in [0.25, 0.3) is 0 Å². The van der Waals surface area contributed by atoms with Crippen LogP contribution in [0.2, 0.25) is 0 Å². The van der Waals surface area contributed by atoms with Crippen molar-refractivity contribution >= 4 is 0 Å². The quantitative estimate of drug-likeness (QED) is 0.320. The summed E-state index contributed by atoms with van der Waals surface area (Å²) in [5.74, 6) is 0. The van der Waals surface area contributed by atoms with E-state index >= 15 is 0 Å². The summed E-state index contributed by atoms with van der Waals surface area (Å²) < 4.78 is 21.2. The van der Waals surface area contributed by atoms with Gasteiger partial charge in [0.2, 0.25) is 0 Å². The van der Waals surface area contributed by atoms with E-state index in [0.717, 1.165) is 19.6 Å². The summed E-state index contributed by atoms with van der Waals surface area (Å²) in [6.07, 6.45) is 1.05. The van der Waals surface area contributed by atoms with E-state index in [1.54, 1.807) is 7.05 Å². The first-order chi connectivity index (χ1) is 9.41. The molecule has 0 amide bonds. The van der Waals surface area contributed by atoms with Gasteiger partial charge in [0.15, 0.2) is 0 Å². The first-order valence-electron chi connectivity index (χ1n) is 7.28. The summed E-state index contributed by atoms with van der Waals surface area (Å²) in [5, 5.41) is 3.93. The standard InChI is InChI=1S/C12H26NO4.C2H6.K/c1-3-5-14-7-9-16-11-12-17-10-8-15-6-4-13-2;1-2;/h3-12H2,1-2H3;1-2H3;/q-1;;+1. The number of hydrogen-bond acceptors (Lipinski definition) is 4. The molecule has 0 aliphatic heterocycles. The second-order valence-electron chi connectivity index (χ2n) is 3.49. The third kappa shape index (κ3) is 27.7. The van der Waals surface area contributed by atoms with Crippen LogP contribution in [0.5, 0.6) is 0 Å². The Hall–Kier alpha value is 1.44. The fraction of sp³-hybridized carbons (Fsp3) is 1.00. The zero-order valence-corrected chi connectivity index (χ0v) is 17.3. The van der Waals surface area contributed by atoms with Crippen LogP contribution in [0.25, 0.3) is 5.32 Å². The van der Waals surface area contributed by atoms with Crippen molar-refractivity contribution in [2.24, 2.45) is 0 Å². The predicted octanol–water partition coefficient (Wildman–Crippen LogP) is -0.503. The van der Waals surface area contributed by atoms with Gasteiger partial charge in [-0.3, -0.25) is 0 Å². The molecule has 0 radical (unpaired) electrons. The van der Waals surface area contributed by atoms with E-state index in [-0.39, 0.29) is 51.4 Å². The van der Waals surface area contributed by atoms with Crippen molar-refractivity contribution in [1.82, 2.24) is 0 Å². The van der Waals surface area contributed by atoms with Gasteiger partial charge in [-0.05, 0) is 6.42 Å². The number of ether oxygens (including phenoxy) is 4. The van der Waals surface area contributed by atoms with Crippen molar-refractivity contribution in [3.63, 3.8) is 0 Å². The molecule has 118 valence electrons. The molecule has 0 fully saturated rings. The Kier molecular flexibility index (Phi) is 37.6. The summed E-state index contributed by atoms with van der Waals surface area (Å²) in [5.41, 5.74) is 0. The van der Waals surface area contributed by atoms with Crippen LogP contribution < -0.4 is 51.4 Å². The Labute approximate surface area is 167 Å². The number of nitrogens with zero attached hydrogens (tertiary/aromatic N) is 1. The number of hydrogen-bond donors (Lipinski definition) is 0. The molecule has 0 heterocycles. The predicted molar refractivity (Wildman–Crippen MR) is 79.1 cm³/mol. The molecule has 0 rings (SSSR count). The SMILES string of the molecule is CC.CCCOCCOCCOCCOCC[N-]C.[K+]. The van der Waals surface area contributed by atoms with Crippen LogP contribution in [0.15, 0.2) is 0 Å². The van der Waals surface area contributed by atoms with Gasteiger partial charge in [-0.2, -0.15) is 7.05 Å². The average Bonchev–Trinajstić information content (AvgIpc) is 2.46. The summed E-state index contributed by atoms with van der Waals surface area (Å²) >= 11 is 0. The van der Waals surface area contributed by atoms with Gasteiger partial charge < -0.3 is 24.3 Å². The maximum Gasteiger partial charge on any atom is 1.00 e. The van der Waals surface area contributed by atoms with Crippen molar-refractivity contribution in [3.05, 3.63) is 5.32 Å². The minimum Gasteiger partial charge on any atom is -0.663 e. The van der Waals surface area contributed by atoms with E-state index in [1.165, 1.54) is 0 Å². The van der Waals surface area contributed by atoms with Crippen molar-refractivity contribution in [2.75, 3.05) is 66.4 Å². The van der Waals surface area contributed by atoms with Crippen LogP contribution in [-0.2, 0) is 18.9 Å². The minimum atomic E-state index is 0. The van der Waals surface area contributed by atoms with E-state index in [0.29, 0.717) is 46.2 Å². The third-order valence-electron chi connectivity index (χ3n) is 1.92. The molecule has 0 unspecified atom stereocenters. The van der Waals surface area contributed by atoms with Crippen LogP contribution in [0, 0.1) is 0 Å². The molecule has 0 bridgehead atoms. The molecule has 5 nitrogen and oxygen atoms in total. The first-order valence-corrected chi connectivity index (χ1v) is 7.28. The maximum atomic E-state index is 5.32. The van der Waals surface area contributed by atoms with Crippen LogP contribution in [-0.4, -0.2) is 66.4 Å². The summed E-state index contributed by atoms with van der Waals surface area (Å²) in [6.45, 7) is 12.1. The maximum absolute atomic E-state index is 5.32. The molecule has 0 aliphatic rings. The molecule has 0 atom stereocenters. The summed E-state index contributed by atoms with van der Waals surface area (Å²) in [6, 6.07) is 0. The molecule has 0 aromatic heterocycles. The van der Waals surface area contributed by atoms with Gasteiger partial charge in [-0.15, -0.1) is 6.54 Å². The van der Waals surface area contributed by atoms with Crippen LogP contribution in [0.1, 0.15) is 27.2 Å². The van der Waals surface area contributed by atoms with Crippen molar-refractivity contribution < 1.29 is 70.3 Å². The van der Waals surface area contributed by atoms with E-state index in [4.69, 9.17) is 18.9 Å². The van der Waals surface area contributed by atoms with Crippen LogP contribution >= 0.6 is 0 Å². The Morgan fingerprint density at radius 2 is 1.00 bits per heavy atom. The van der Waals surface area contributed by atoms with Gasteiger partial charge in [-0.1, -0.05) is 20.8 Å². The number of rotatable bonds is 14. The Morgan fingerprint density at radius 1 is 0.650 bits per heavy atom. The second kappa shape index (κ2) is 28.6. The topological polar surface area (TPSA) is 51.0 Å². The Bertz CT molecular complexity index is 128. The van der Waals surface area contributed by atoms with E-state index in [9.17, 15) is 0 Å². The average molecular weight is 318 g/mol. The van der Waals surface area contributed by atoms with Gasteiger partial charge in [0, 0.05) is 13.2 Å². The summed E-state index contributed by atoms with van der Waals surface area (Å²) in [7, 11) is 1.78. The molecule has 0 aromatic rings. The van der Waals surface area contributed by atoms with Crippen molar-refractivity contribution in [1.29, 1.82) is 0 Å². The Morgan fingerprint density at radius 3 is 1.35 bits per heavy atom. The molecular formula is C14H32KNO4. The molecule has 0 saturated heterocycles. The van der Waals surface area contributed by atoms with Gasteiger partial charge >= 0.3 is 51.4 Å². The van der Waals surface area contributed by atoms with Crippen LogP contribution in [0.4, 0.5) is 0 Å². The monoisotopic (exact) mass is 317 g/mol.